The highest BCUT2D eigenvalue weighted by molar-refractivity contribution is 5.82. The van der Waals surface area contributed by atoms with Crippen LogP contribution in [0.4, 0.5) is 0 Å². The highest BCUT2D eigenvalue weighted by Gasteiger charge is 2.32. The number of nitrogens with zero attached hydrogens (tertiary/aromatic N) is 1. The minimum Gasteiger partial charge on any atom is -0.383 e. The lowest BCUT2D eigenvalue weighted by molar-refractivity contribution is -0.141. The third kappa shape index (κ3) is 3.80. The molecule has 1 unspecified atom stereocenters. The Balaban J connectivity index is 4.48. The zero-order chi connectivity index (χ0) is 11.9. The predicted octanol–water partition coefficient (Wildman–Crippen LogP) is 0.856. The van der Waals surface area contributed by atoms with Crippen LogP contribution in [0.15, 0.2) is 0 Å². The zero-order valence-electron chi connectivity index (χ0n) is 10.4. The monoisotopic (exact) mass is 216 g/mol. The van der Waals surface area contributed by atoms with Gasteiger partial charge in [-0.1, -0.05) is 6.92 Å². The molecule has 0 saturated carbocycles. The first-order chi connectivity index (χ1) is 7.05. The van der Waals surface area contributed by atoms with Gasteiger partial charge in [0.25, 0.3) is 0 Å². The molecule has 1 atom stereocenters. The summed E-state index contributed by atoms with van der Waals surface area (Å²) in [5, 5.41) is 0. The first-order valence-corrected chi connectivity index (χ1v) is 5.54. The van der Waals surface area contributed by atoms with Gasteiger partial charge >= 0.3 is 0 Å². The molecule has 0 aromatic carbocycles. The van der Waals surface area contributed by atoms with Crippen molar-refractivity contribution in [3.63, 3.8) is 0 Å². The smallest absolute Gasteiger partial charge is 0.229 e. The summed E-state index contributed by atoms with van der Waals surface area (Å²) in [7, 11) is 1.64. The molecule has 0 bridgehead atoms. The van der Waals surface area contributed by atoms with Crippen LogP contribution in [0, 0.1) is 5.41 Å². The molecule has 0 radical (unpaired) electrons. The number of carbonyl (C=O) groups excluding carboxylic acids is 1. The SMILES string of the molecule is CCN(CCOC)C(=O)C(C)(CC)CN. The maximum atomic E-state index is 12.2. The van der Waals surface area contributed by atoms with Crippen molar-refractivity contribution in [2.75, 3.05) is 33.4 Å². The number of carbonyl (C=O) groups is 1. The van der Waals surface area contributed by atoms with E-state index in [0.717, 1.165) is 6.42 Å². The number of hydrogen-bond donors (Lipinski definition) is 1. The second kappa shape index (κ2) is 6.80. The van der Waals surface area contributed by atoms with E-state index < -0.39 is 5.41 Å². The predicted molar refractivity (Wildman–Crippen MR) is 61.6 cm³/mol. The lowest BCUT2D eigenvalue weighted by Crippen LogP contribution is -2.47. The number of amides is 1. The van der Waals surface area contributed by atoms with Crippen LogP contribution < -0.4 is 5.73 Å². The molecule has 90 valence electrons. The fourth-order valence-corrected chi connectivity index (χ4v) is 1.37. The molecule has 1 amide bonds. The van der Waals surface area contributed by atoms with Crippen molar-refractivity contribution in [1.29, 1.82) is 0 Å². The van der Waals surface area contributed by atoms with E-state index in [4.69, 9.17) is 10.5 Å². The normalized spacial score (nSPS) is 14.7. The minimum atomic E-state index is -0.427. The third-order valence-corrected chi connectivity index (χ3v) is 2.98. The van der Waals surface area contributed by atoms with Gasteiger partial charge < -0.3 is 15.4 Å². The Bertz CT molecular complexity index is 191. The van der Waals surface area contributed by atoms with Crippen LogP contribution in [0.25, 0.3) is 0 Å². The molecular formula is C11H24N2O2. The average Bonchev–Trinajstić information content (AvgIpc) is 2.28. The first-order valence-electron chi connectivity index (χ1n) is 5.54. The number of likely N-dealkylation sites (N-methyl/N-ethyl adjacent to an activating group) is 1. The van der Waals surface area contributed by atoms with E-state index in [1.165, 1.54) is 0 Å². The van der Waals surface area contributed by atoms with Crippen molar-refractivity contribution in [1.82, 2.24) is 4.90 Å². The Morgan fingerprint density at radius 1 is 1.47 bits per heavy atom. The van der Waals surface area contributed by atoms with Crippen molar-refractivity contribution in [3.05, 3.63) is 0 Å². The van der Waals surface area contributed by atoms with Gasteiger partial charge in [-0.15, -0.1) is 0 Å². The van der Waals surface area contributed by atoms with Crippen molar-refractivity contribution in [3.8, 4) is 0 Å². The highest BCUT2D eigenvalue weighted by atomic mass is 16.5. The first kappa shape index (κ1) is 14.4. The number of hydrogen-bond acceptors (Lipinski definition) is 3. The largest absolute Gasteiger partial charge is 0.383 e. The zero-order valence-corrected chi connectivity index (χ0v) is 10.4. The maximum absolute atomic E-state index is 12.2. The number of ether oxygens (including phenoxy) is 1. The molecule has 0 aliphatic rings. The van der Waals surface area contributed by atoms with Crippen LogP contribution in [0.3, 0.4) is 0 Å². The lowest BCUT2D eigenvalue weighted by atomic mass is 9.86. The van der Waals surface area contributed by atoms with E-state index in [2.05, 4.69) is 0 Å². The summed E-state index contributed by atoms with van der Waals surface area (Å²) in [6, 6.07) is 0. The molecular weight excluding hydrogens is 192 g/mol. The lowest BCUT2D eigenvalue weighted by Gasteiger charge is -2.32. The van der Waals surface area contributed by atoms with Crippen LogP contribution in [0.2, 0.25) is 0 Å². The maximum Gasteiger partial charge on any atom is 0.229 e. The number of nitrogens with two attached hydrogens (primary N) is 1. The summed E-state index contributed by atoms with van der Waals surface area (Å²) in [6.07, 6.45) is 0.770. The van der Waals surface area contributed by atoms with Crippen molar-refractivity contribution < 1.29 is 9.53 Å². The van der Waals surface area contributed by atoms with Crippen LogP contribution in [0.1, 0.15) is 27.2 Å². The molecule has 0 fully saturated rings. The molecule has 0 aliphatic heterocycles. The van der Waals surface area contributed by atoms with Crippen LogP contribution in [-0.2, 0) is 9.53 Å². The molecule has 0 aromatic rings. The molecule has 0 aliphatic carbocycles. The van der Waals surface area contributed by atoms with E-state index in [-0.39, 0.29) is 5.91 Å². The van der Waals surface area contributed by atoms with Gasteiger partial charge in [-0.3, -0.25) is 4.79 Å². The molecule has 4 heteroatoms. The molecule has 0 aromatic heterocycles. The summed E-state index contributed by atoms with van der Waals surface area (Å²) >= 11 is 0. The van der Waals surface area contributed by atoms with E-state index in [9.17, 15) is 4.79 Å². The Morgan fingerprint density at radius 3 is 2.40 bits per heavy atom. The van der Waals surface area contributed by atoms with Gasteiger partial charge in [-0.2, -0.15) is 0 Å². The summed E-state index contributed by atoms with van der Waals surface area (Å²) in [5.41, 5.74) is 5.23. The van der Waals surface area contributed by atoms with E-state index >= 15 is 0 Å². The second-order valence-electron chi connectivity index (χ2n) is 4.00. The van der Waals surface area contributed by atoms with Gasteiger partial charge in [0.1, 0.15) is 0 Å². The molecule has 4 nitrogen and oxygen atoms in total. The summed E-state index contributed by atoms with van der Waals surface area (Å²) in [4.78, 5) is 14.0. The van der Waals surface area contributed by atoms with Crippen LogP contribution in [0.5, 0.6) is 0 Å². The van der Waals surface area contributed by atoms with Gasteiger partial charge in [-0.05, 0) is 20.3 Å². The summed E-state index contributed by atoms with van der Waals surface area (Å²) < 4.78 is 4.98. The van der Waals surface area contributed by atoms with Gasteiger partial charge in [-0.25, -0.2) is 0 Å². The number of methoxy groups -OCH3 is 1. The van der Waals surface area contributed by atoms with Crippen molar-refractivity contribution in [2.24, 2.45) is 11.1 Å². The van der Waals surface area contributed by atoms with Gasteiger partial charge in [0.05, 0.1) is 12.0 Å². The third-order valence-electron chi connectivity index (χ3n) is 2.98. The van der Waals surface area contributed by atoms with Gasteiger partial charge in [0.2, 0.25) is 5.91 Å². The molecule has 0 rings (SSSR count). The van der Waals surface area contributed by atoms with Gasteiger partial charge in [0, 0.05) is 26.7 Å². The van der Waals surface area contributed by atoms with E-state index in [1.807, 2.05) is 20.8 Å². The highest BCUT2D eigenvalue weighted by Crippen LogP contribution is 2.22. The molecule has 0 saturated heterocycles. The molecule has 0 spiro atoms. The number of rotatable bonds is 7. The fraction of sp³-hybridized carbons (Fsp3) is 0.909. The molecule has 15 heavy (non-hydrogen) atoms. The Morgan fingerprint density at radius 2 is 2.07 bits per heavy atom. The molecule has 2 N–H and O–H groups in total. The molecule has 0 heterocycles. The fourth-order valence-electron chi connectivity index (χ4n) is 1.37. The van der Waals surface area contributed by atoms with Gasteiger partial charge in [0.15, 0.2) is 0 Å². The second-order valence-corrected chi connectivity index (χ2v) is 4.00. The van der Waals surface area contributed by atoms with E-state index in [0.29, 0.717) is 26.2 Å². The summed E-state index contributed by atoms with van der Waals surface area (Å²) in [6.45, 7) is 8.20. The van der Waals surface area contributed by atoms with Crippen molar-refractivity contribution >= 4 is 5.91 Å². The van der Waals surface area contributed by atoms with E-state index in [1.54, 1.807) is 12.0 Å². The standard InChI is InChI=1S/C11H24N2O2/c1-5-11(3,9-12)10(14)13(6-2)7-8-15-4/h5-9,12H2,1-4H3. The average molecular weight is 216 g/mol. The Hall–Kier alpha value is -0.610. The Labute approximate surface area is 92.8 Å². The topological polar surface area (TPSA) is 55.6 Å². The van der Waals surface area contributed by atoms with Crippen LogP contribution >= 0.6 is 0 Å². The Kier molecular flexibility index (Phi) is 6.52. The summed E-state index contributed by atoms with van der Waals surface area (Å²) in [5.74, 6) is 0.132. The minimum absolute atomic E-state index is 0.132. The van der Waals surface area contributed by atoms with Crippen molar-refractivity contribution in [2.45, 2.75) is 27.2 Å². The quantitative estimate of drug-likeness (QED) is 0.686. The van der Waals surface area contributed by atoms with Crippen LogP contribution in [-0.4, -0.2) is 44.2 Å².